The standard InChI is InChI=1S/C20H15F3N4.2HNO3/c1-2-16-18(13-6-5-7-14(10-13)20(21,22)23)19(27-12-24-11-25-27)15-8-3-4-9-17(15)26-16;2*2-1(3)4/h3-12H,2H2,1H3;2*(H,2,3,4). The van der Waals surface area contributed by atoms with E-state index in [0.717, 1.165) is 23.0 Å². The Morgan fingerprint density at radius 3 is 2.20 bits per heavy atom. The predicted octanol–water partition coefficient (Wildman–Crippen LogP) is 4.37. The minimum Gasteiger partial charge on any atom is -0.328 e. The Kier molecular flexibility index (Phi) is 8.57. The van der Waals surface area contributed by atoms with Gasteiger partial charge in [-0.3, -0.25) is 4.98 Å². The normalized spacial score (nSPS) is 10.5. The highest BCUT2D eigenvalue weighted by Gasteiger charge is 2.31. The van der Waals surface area contributed by atoms with Crippen LogP contribution in [0.15, 0.2) is 61.2 Å². The van der Waals surface area contributed by atoms with Crippen molar-refractivity contribution in [3.8, 4) is 16.8 Å². The van der Waals surface area contributed by atoms with Gasteiger partial charge in [-0.1, -0.05) is 37.3 Å². The smallest absolute Gasteiger partial charge is 0.328 e. The lowest BCUT2D eigenvalue weighted by atomic mass is 9.96. The number of halogens is 3. The van der Waals surface area contributed by atoms with Crippen molar-refractivity contribution in [1.82, 2.24) is 19.7 Å². The minimum atomic E-state index is -4.42. The summed E-state index contributed by atoms with van der Waals surface area (Å²) in [7, 11) is 0. The Hall–Kier alpha value is -4.82. The summed E-state index contributed by atoms with van der Waals surface area (Å²) >= 11 is 0. The quantitative estimate of drug-likeness (QED) is 0.310. The largest absolute Gasteiger partial charge is 0.416 e. The monoisotopic (exact) mass is 494 g/mol. The predicted molar refractivity (Wildman–Crippen MR) is 114 cm³/mol. The van der Waals surface area contributed by atoms with E-state index in [9.17, 15) is 13.2 Å². The Labute approximate surface area is 194 Å². The highest BCUT2D eigenvalue weighted by Crippen LogP contribution is 2.38. The van der Waals surface area contributed by atoms with E-state index in [1.165, 1.54) is 12.4 Å². The number of hydrogen-bond donors (Lipinski definition) is 2. The van der Waals surface area contributed by atoms with Crippen molar-refractivity contribution < 1.29 is 33.8 Å². The van der Waals surface area contributed by atoms with Crippen LogP contribution in [-0.2, 0) is 12.6 Å². The molecule has 4 aromatic rings. The number of aryl methyl sites for hydroxylation is 1. The lowest BCUT2D eigenvalue weighted by molar-refractivity contribution is -0.742. The van der Waals surface area contributed by atoms with Gasteiger partial charge in [-0.2, -0.15) is 18.3 Å². The van der Waals surface area contributed by atoms with Crippen LogP contribution in [0.25, 0.3) is 27.7 Å². The van der Waals surface area contributed by atoms with Crippen LogP contribution in [0.5, 0.6) is 0 Å². The zero-order chi connectivity index (χ0) is 26.2. The molecular weight excluding hydrogens is 477 g/mol. The molecule has 0 saturated carbocycles. The summed E-state index contributed by atoms with van der Waals surface area (Å²) in [6.07, 6.45) is -0.909. The topological polar surface area (TPSA) is 170 Å². The van der Waals surface area contributed by atoms with E-state index in [1.807, 2.05) is 31.2 Å². The third-order valence-corrected chi connectivity index (χ3v) is 4.40. The Morgan fingerprint density at radius 1 is 1.03 bits per heavy atom. The molecule has 2 aromatic heterocycles. The highest BCUT2D eigenvalue weighted by atomic mass is 19.4. The van der Waals surface area contributed by atoms with Gasteiger partial charge in [0.05, 0.1) is 22.5 Å². The van der Waals surface area contributed by atoms with Crippen molar-refractivity contribution in [3.63, 3.8) is 0 Å². The number of aromatic nitrogens is 4. The fraction of sp³-hybridized carbons (Fsp3) is 0.150. The second-order valence-electron chi connectivity index (χ2n) is 6.55. The summed E-state index contributed by atoms with van der Waals surface area (Å²) in [5.41, 5.74) is 2.53. The number of fused-ring (bicyclic) bond motifs is 1. The molecule has 0 radical (unpaired) electrons. The Morgan fingerprint density at radius 2 is 1.66 bits per heavy atom. The molecule has 184 valence electrons. The number of alkyl halides is 3. The van der Waals surface area contributed by atoms with Gasteiger partial charge >= 0.3 is 6.18 Å². The molecule has 0 bridgehead atoms. The van der Waals surface area contributed by atoms with Crippen LogP contribution in [-0.4, -0.2) is 40.3 Å². The first-order valence-corrected chi connectivity index (χ1v) is 9.56. The molecule has 2 aromatic carbocycles. The van der Waals surface area contributed by atoms with Gasteiger partial charge in [0.2, 0.25) is 0 Å². The van der Waals surface area contributed by atoms with Gasteiger partial charge in [-0.25, -0.2) is 9.67 Å². The zero-order valence-electron chi connectivity index (χ0n) is 17.8. The van der Waals surface area contributed by atoms with Gasteiger partial charge in [0.15, 0.2) is 0 Å². The average Bonchev–Trinajstić information content (AvgIpc) is 3.31. The molecule has 4 rings (SSSR count). The number of hydrogen-bond acceptors (Lipinski definition) is 7. The van der Waals surface area contributed by atoms with Crippen molar-refractivity contribution in [2.45, 2.75) is 19.5 Å². The number of benzene rings is 2. The van der Waals surface area contributed by atoms with Gasteiger partial charge in [-0.05, 0) is 30.2 Å². The van der Waals surface area contributed by atoms with Crippen LogP contribution >= 0.6 is 0 Å². The third-order valence-electron chi connectivity index (χ3n) is 4.40. The van der Waals surface area contributed by atoms with Gasteiger partial charge in [0.25, 0.3) is 10.2 Å². The lowest BCUT2D eigenvalue weighted by Gasteiger charge is -2.17. The molecular formula is C20H17F3N6O6. The molecule has 0 unspecified atom stereocenters. The summed E-state index contributed by atoms with van der Waals surface area (Å²) in [6.45, 7) is 1.93. The minimum absolute atomic E-state index is 0.449. The van der Waals surface area contributed by atoms with E-state index in [0.29, 0.717) is 28.9 Å². The number of rotatable bonds is 3. The first kappa shape index (κ1) is 26.4. The van der Waals surface area contributed by atoms with Crippen LogP contribution in [0.4, 0.5) is 13.2 Å². The molecule has 0 aliphatic heterocycles. The second kappa shape index (κ2) is 11.4. The zero-order valence-corrected chi connectivity index (χ0v) is 17.8. The highest BCUT2D eigenvalue weighted by molar-refractivity contribution is 5.95. The van der Waals surface area contributed by atoms with Gasteiger partial charge in [0.1, 0.15) is 12.7 Å². The van der Waals surface area contributed by atoms with Gasteiger partial charge < -0.3 is 10.4 Å². The van der Waals surface area contributed by atoms with Crippen LogP contribution in [0.1, 0.15) is 18.2 Å². The first-order valence-electron chi connectivity index (χ1n) is 9.56. The first-order chi connectivity index (χ1) is 16.5. The fourth-order valence-electron chi connectivity index (χ4n) is 3.22. The van der Waals surface area contributed by atoms with Crippen LogP contribution in [0, 0.1) is 20.2 Å². The fourth-order valence-corrected chi connectivity index (χ4v) is 3.22. The maximum atomic E-state index is 13.2. The summed E-state index contributed by atoms with van der Waals surface area (Å²) in [5, 5.41) is 32.3. The lowest BCUT2D eigenvalue weighted by Crippen LogP contribution is -2.07. The molecule has 2 heterocycles. The number of pyridine rings is 1. The summed E-state index contributed by atoms with van der Waals surface area (Å²) < 4.78 is 41.3. The molecule has 0 spiro atoms. The van der Waals surface area contributed by atoms with Crippen LogP contribution < -0.4 is 0 Å². The molecule has 0 atom stereocenters. The summed E-state index contributed by atoms with van der Waals surface area (Å²) in [4.78, 5) is 25.4. The molecule has 2 N–H and O–H groups in total. The molecule has 0 amide bonds. The summed E-state index contributed by atoms with van der Waals surface area (Å²) in [5.74, 6) is 0. The van der Waals surface area contributed by atoms with E-state index < -0.39 is 21.9 Å². The van der Waals surface area contributed by atoms with E-state index in [2.05, 4.69) is 15.1 Å². The van der Waals surface area contributed by atoms with E-state index in [-0.39, 0.29) is 0 Å². The SMILES string of the molecule is CCc1nc2ccccc2c(-n2cncn2)c1-c1cccc(C(F)(F)F)c1.O=[N+]([O-])O.O=[N+]([O-])O. The van der Waals surface area contributed by atoms with Crippen molar-refractivity contribution in [2.75, 3.05) is 0 Å². The molecule has 12 nitrogen and oxygen atoms in total. The maximum Gasteiger partial charge on any atom is 0.416 e. The maximum absolute atomic E-state index is 13.2. The Balaban J connectivity index is 0.000000473. The molecule has 0 fully saturated rings. The van der Waals surface area contributed by atoms with E-state index in [4.69, 9.17) is 30.6 Å². The van der Waals surface area contributed by atoms with Crippen molar-refractivity contribution >= 4 is 10.9 Å². The Bertz CT molecular complexity index is 1290. The molecule has 35 heavy (non-hydrogen) atoms. The molecule has 0 saturated heterocycles. The number of nitrogens with zero attached hydrogens (tertiary/aromatic N) is 6. The van der Waals surface area contributed by atoms with E-state index >= 15 is 0 Å². The molecule has 0 aliphatic rings. The molecule has 0 aliphatic carbocycles. The van der Waals surface area contributed by atoms with Crippen LogP contribution in [0.3, 0.4) is 0 Å². The van der Waals surface area contributed by atoms with Gasteiger partial charge in [-0.15, -0.1) is 20.2 Å². The second-order valence-corrected chi connectivity index (χ2v) is 6.55. The van der Waals surface area contributed by atoms with Crippen molar-refractivity contribution in [2.24, 2.45) is 0 Å². The van der Waals surface area contributed by atoms with Gasteiger partial charge in [0, 0.05) is 10.9 Å². The third kappa shape index (κ3) is 7.08. The summed E-state index contributed by atoms with van der Waals surface area (Å²) in [6, 6.07) is 12.8. The average molecular weight is 494 g/mol. The number of para-hydroxylation sites is 1. The van der Waals surface area contributed by atoms with Crippen LogP contribution in [0.2, 0.25) is 0 Å². The van der Waals surface area contributed by atoms with E-state index in [1.54, 1.807) is 17.1 Å². The van der Waals surface area contributed by atoms with Crippen molar-refractivity contribution in [1.29, 1.82) is 0 Å². The van der Waals surface area contributed by atoms with Crippen molar-refractivity contribution in [3.05, 3.63) is 92.7 Å². The molecule has 15 heteroatoms.